The first kappa shape index (κ1) is 7.93. The maximum Gasteiger partial charge on any atom is 0.100 e. The van der Waals surface area contributed by atoms with E-state index in [0.29, 0.717) is 0 Å². The number of aliphatic imine (C=N–C) groups is 1. The zero-order chi connectivity index (χ0) is 10.5. The lowest BCUT2D eigenvalue weighted by Crippen LogP contribution is -1.97. The Morgan fingerprint density at radius 1 is 0.750 bits per heavy atom. The zero-order valence-corrected chi connectivity index (χ0v) is 8.38. The van der Waals surface area contributed by atoms with Crippen molar-refractivity contribution in [3.63, 3.8) is 0 Å². The van der Waals surface area contributed by atoms with Crippen molar-refractivity contribution in [3.8, 4) is 0 Å². The summed E-state index contributed by atoms with van der Waals surface area (Å²) < 4.78 is 0. The predicted molar refractivity (Wildman–Crippen MR) is 64.3 cm³/mol. The van der Waals surface area contributed by atoms with Gasteiger partial charge in [-0.1, -0.05) is 12.1 Å². The van der Waals surface area contributed by atoms with Gasteiger partial charge >= 0.3 is 0 Å². The largest absolute Gasteiger partial charge is 0.255 e. The Morgan fingerprint density at radius 2 is 1.56 bits per heavy atom. The fourth-order valence-electron chi connectivity index (χ4n) is 2.00. The summed E-state index contributed by atoms with van der Waals surface area (Å²) in [4.78, 5) is 13.4. The highest BCUT2D eigenvalue weighted by molar-refractivity contribution is 6.09. The molecule has 1 aliphatic rings. The summed E-state index contributed by atoms with van der Waals surface area (Å²) in [5.74, 6) is 0. The molecule has 0 unspecified atom stereocenters. The Balaban J connectivity index is 2.23. The molecule has 0 spiro atoms. The molecule has 0 bridgehead atoms. The second kappa shape index (κ2) is 2.64. The van der Waals surface area contributed by atoms with Gasteiger partial charge in [0.1, 0.15) is 5.52 Å². The zero-order valence-electron chi connectivity index (χ0n) is 8.38. The van der Waals surface area contributed by atoms with Gasteiger partial charge in [-0.3, -0.25) is 4.99 Å². The summed E-state index contributed by atoms with van der Waals surface area (Å²) in [5.41, 5.74) is 5.87. The number of fused-ring (bicyclic) bond motifs is 4. The second-order valence-electron chi connectivity index (χ2n) is 3.84. The van der Waals surface area contributed by atoms with Crippen molar-refractivity contribution in [1.82, 2.24) is 9.97 Å². The molecule has 0 fully saturated rings. The molecule has 0 radical (unpaired) electrons. The molecule has 1 aromatic heterocycles. The number of hydrogen-bond acceptors (Lipinski definition) is 3. The molecule has 2 aromatic carbocycles. The van der Waals surface area contributed by atoms with Crippen molar-refractivity contribution >= 4 is 34.0 Å². The highest BCUT2D eigenvalue weighted by Crippen LogP contribution is 2.31. The van der Waals surface area contributed by atoms with Crippen LogP contribution < -0.4 is 0 Å². The van der Waals surface area contributed by atoms with E-state index in [2.05, 4.69) is 15.0 Å². The Morgan fingerprint density at radius 3 is 2.31 bits per heavy atom. The van der Waals surface area contributed by atoms with Gasteiger partial charge in [0.05, 0.1) is 22.2 Å². The SMILES string of the molecule is C1=Nc2ccc3nc4ccccc4nc3c21. The molecule has 1 aliphatic heterocycles. The minimum absolute atomic E-state index is 0.934. The predicted octanol–water partition coefficient (Wildman–Crippen LogP) is 2.85. The lowest BCUT2D eigenvalue weighted by atomic mass is 10.1. The minimum Gasteiger partial charge on any atom is -0.255 e. The van der Waals surface area contributed by atoms with Gasteiger partial charge in [0.15, 0.2) is 0 Å². The molecule has 0 N–H and O–H groups in total. The first-order valence-electron chi connectivity index (χ1n) is 5.15. The first-order valence-corrected chi connectivity index (χ1v) is 5.15. The van der Waals surface area contributed by atoms with E-state index in [1.165, 1.54) is 0 Å². The average molecular weight is 205 g/mol. The molecule has 0 amide bonds. The van der Waals surface area contributed by atoms with E-state index in [0.717, 1.165) is 33.3 Å². The van der Waals surface area contributed by atoms with Gasteiger partial charge in [-0.05, 0) is 24.3 Å². The van der Waals surface area contributed by atoms with Gasteiger partial charge in [0.2, 0.25) is 0 Å². The smallest absolute Gasteiger partial charge is 0.100 e. The van der Waals surface area contributed by atoms with Crippen LogP contribution in [0.15, 0.2) is 41.4 Å². The Hall–Kier alpha value is -2.29. The standard InChI is InChI=1S/C13H7N3/c1-2-4-11-10(3-1)15-12-6-5-9-8(7-14-9)13(12)16-11/h1-7H. The van der Waals surface area contributed by atoms with Crippen molar-refractivity contribution in [2.75, 3.05) is 0 Å². The fourth-order valence-corrected chi connectivity index (χ4v) is 2.00. The van der Waals surface area contributed by atoms with Crippen LogP contribution in [0.4, 0.5) is 5.69 Å². The molecular weight excluding hydrogens is 198 g/mol. The molecule has 16 heavy (non-hydrogen) atoms. The Bertz CT molecular complexity index is 760. The van der Waals surface area contributed by atoms with E-state index in [1.807, 2.05) is 42.6 Å². The lowest BCUT2D eigenvalue weighted by Gasteiger charge is -2.11. The van der Waals surface area contributed by atoms with Crippen LogP contribution >= 0.6 is 0 Å². The summed E-state index contributed by atoms with van der Waals surface area (Å²) in [5, 5.41) is 0. The highest BCUT2D eigenvalue weighted by atomic mass is 14.8. The van der Waals surface area contributed by atoms with Crippen LogP contribution in [-0.2, 0) is 0 Å². The molecule has 0 saturated heterocycles. The van der Waals surface area contributed by atoms with Gasteiger partial charge < -0.3 is 0 Å². The highest BCUT2D eigenvalue weighted by Gasteiger charge is 2.13. The molecule has 0 aliphatic carbocycles. The van der Waals surface area contributed by atoms with E-state index in [-0.39, 0.29) is 0 Å². The molecule has 3 heteroatoms. The third-order valence-electron chi connectivity index (χ3n) is 2.86. The van der Waals surface area contributed by atoms with E-state index >= 15 is 0 Å². The quantitative estimate of drug-likeness (QED) is 0.414. The molecule has 2 heterocycles. The Labute approximate surface area is 91.5 Å². The van der Waals surface area contributed by atoms with E-state index < -0.39 is 0 Å². The summed E-state index contributed by atoms with van der Waals surface area (Å²) in [7, 11) is 0. The lowest BCUT2D eigenvalue weighted by molar-refractivity contribution is 1.36. The summed E-state index contributed by atoms with van der Waals surface area (Å²) >= 11 is 0. The monoisotopic (exact) mass is 205 g/mol. The first-order chi connectivity index (χ1) is 7.92. The van der Waals surface area contributed by atoms with Gasteiger partial charge in [-0.25, -0.2) is 9.97 Å². The van der Waals surface area contributed by atoms with Crippen LogP contribution in [-0.4, -0.2) is 16.2 Å². The average Bonchev–Trinajstić information content (AvgIpc) is 2.27. The number of rotatable bonds is 0. The maximum atomic E-state index is 4.64. The molecule has 0 atom stereocenters. The van der Waals surface area contributed by atoms with E-state index in [9.17, 15) is 0 Å². The van der Waals surface area contributed by atoms with Crippen LogP contribution in [0.2, 0.25) is 0 Å². The van der Waals surface area contributed by atoms with Crippen LogP contribution in [0.3, 0.4) is 0 Å². The third-order valence-corrected chi connectivity index (χ3v) is 2.86. The number of nitrogens with zero attached hydrogens (tertiary/aromatic N) is 3. The van der Waals surface area contributed by atoms with Gasteiger partial charge in [-0.2, -0.15) is 0 Å². The molecule has 3 aromatic rings. The summed E-state index contributed by atoms with van der Waals surface area (Å²) in [6, 6.07) is 11.9. The number of aromatic nitrogens is 2. The topological polar surface area (TPSA) is 38.1 Å². The molecule has 3 nitrogen and oxygen atoms in total. The summed E-state index contributed by atoms with van der Waals surface area (Å²) in [6.45, 7) is 0. The van der Waals surface area contributed by atoms with Crippen LogP contribution in [0.25, 0.3) is 22.1 Å². The molecule has 4 rings (SSSR count). The van der Waals surface area contributed by atoms with Crippen molar-refractivity contribution < 1.29 is 0 Å². The number of benzene rings is 2. The van der Waals surface area contributed by atoms with Gasteiger partial charge in [-0.15, -0.1) is 0 Å². The van der Waals surface area contributed by atoms with E-state index in [4.69, 9.17) is 0 Å². The number of hydrogen-bond donors (Lipinski definition) is 0. The summed E-state index contributed by atoms with van der Waals surface area (Å²) in [6.07, 6.45) is 1.85. The maximum absolute atomic E-state index is 4.64. The minimum atomic E-state index is 0.934. The molecule has 74 valence electrons. The molecule has 0 saturated carbocycles. The van der Waals surface area contributed by atoms with Crippen LogP contribution in [0, 0.1) is 0 Å². The number of para-hydroxylation sites is 2. The Kier molecular flexibility index (Phi) is 1.31. The van der Waals surface area contributed by atoms with Gasteiger partial charge in [0, 0.05) is 11.8 Å². The molecular formula is C13H7N3. The van der Waals surface area contributed by atoms with Crippen LogP contribution in [0.5, 0.6) is 0 Å². The third kappa shape index (κ3) is 0.896. The fraction of sp³-hybridized carbons (Fsp3) is 0. The van der Waals surface area contributed by atoms with Crippen molar-refractivity contribution in [1.29, 1.82) is 0 Å². The van der Waals surface area contributed by atoms with Crippen molar-refractivity contribution in [3.05, 3.63) is 42.0 Å². The van der Waals surface area contributed by atoms with Gasteiger partial charge in [0.25, 0.3) is 0 Å². The van der Waals surface area contributed by atoms with Crippen molar-refractivity contribution in [2.45, 2.75) is 0 Å². The normalized spacial score (nSPS) is 12.8. The second-order valence-corrected chi connectivity index (χ2v) is 3.84. The van der Waals surface area contributed by atoms with Crippen molar-refractivity contribution in [2.24, 2.45) is 4.99 Å². The van der Waals surface area contributed by atoms with Crippen LogP contribution in [0.1, 0.15) is 5.56 Å². The van der Waals surface area contributed by atoms with E-state index in [1.54, 1.807) is 0 Å².